The minimum absolute atomic E-state index is 0.0480. The number of carbonyl (C=O) groups excluding carboxylic acids is 1. The molecular weight excluding hydrogens is 377 g/mol. The van der Waals surface area contributed by atoms with Gasteiger partial charge in [0.2, 0.25) is 0 Å². The number of ketones is 1. The van der Waals surface area contributed by atoms with Crippen molar-refractivity contribution in [3.63, 3.8) is 0 Å². The maximum Gasteiger partial charge on any atom is 0.162 e. The smallest absolute Gasteiger partial charge is 0.162 e. The van der Waals surface area contributed by atoms with Crippen molar-refractivity contribution in [2.75, 3.05) is 0 Å². The van der Waals surface area contributed by atoms with Crippen molar-refractivity contribution in [1.29, 1.82) is 0 Å². The molecule has 0 spiro atoms. The highest BCUT2D eigenvalue weighted by molar-refractivity contribution is 6.31. The maximum atomic E-state index is 12.7. The maximum absolute atomic E-state index is 12.7. The molecule has 0 unspecified atom stereocenters. The van der Waals surface area contributed by atoms with Crippen molar-refractivity contribution in [3.8, 4) is 22.4 Å². The number of fused-ring (bicyclic) bond motifs is 1. The predicted octanol–water partition coefficient (Wildman–Crippen LogP) is 7.08. The van der Waals surface area contributed by atoms with Crippen molar-refractivity contribution in [2.45, 2.75) is 6.92 Å². The summed E-state index contributed by atoms with van der Waals surface area (Å²) in [6, 6.07) is 22.8. The molecule has 0 saturated carbocycles. The van der Waals surface area contributed by atoms with E-state index in [0.717, 1.165) is 27.6 Å². The van der Waals surface area contributed by atoms with Crippen LogP contribution in [0.5, 0.6) is 0 Å². The summed E-state index contributed by atoms with van der Waals surface area (Å²) in [4.78, 5) is 17.5. The van der Waals surface area contributed by atoms with Crippen LogP contribution in [0.1, 0.15) is 17.3 Å². The zero-order valence-corrected chi connectivity index (χ0v) is 16.1. The summed E-state index contributed by atoms with van der Waals surface area (Å²) in [6.07, 6.45) is 0. The number of pyridine rings is 1. The average Bonchev–Trinajstić information content (AvgIpc) is 2.67. The van der Waals surface area contributed by atoms with Crippen molar-refractivity contribution in [1.82, 2.24) is 4.98 Å². The van der Waals surface area contributed by atoms with E-state index in [1.807, 2.05) is 60.7 Å². The molecule has 3 aromatic carbocycles. The second-order valence-corrected chi connectivity index (χ2v) is 7.17. The van der Waals surface area contributed by atoms with Gasteiger partial charge in [0, 0.05) is 26.6 Å². The lowest BCUT2D eigenvalue weighted by atomic mass is 9.90. The standard InChI is InChI=1S/C23H15Cl2NO/c1-14(27)21-22(15-5-3-2-4-6-15)19-13-18(25)11-12-20(19)26-23(21)16-7-9-17(24)10-8-16/h2-13H,1H3. The molecule has 0 saturated heterocycles. The number of hydrogen-bond donors (Lipinski definition) is 0. The van der Waals surface area contributed by atoms with Crippen LogP contribution < -0.4 is 0 Å². The molecule has 27 heavy (non-hydrogen) atoms. The Labute approximate surface area is 167 Å². The lowest BCUT2D eigenvalue weighted by molar-refractivity contribution is 0.101. The highest BCUT2D eigenvalue weighted by Gasteiger charge is 2.21. The number of halogens is 2. The van der Waals surface area contributed by atoms with E-state index < -0.39 is 0 Å². The van der Waals surface area contributed by atoms with Gasteiger partial charge in [0.15, 0.2) is 5.78 Å². The molecule has 0 N–H and O–H groups in total. The third kappa shape index (κ3) is 3.34. The summed E-state index contributed by atoms with van der Waals surface area (Å²) in [5.41, 5.74) is 4.66. The number of benzene rings is 3. The van der Waals surface area contributed by atoms with E-state index in [0.29, 0.717) is 21.3 Å². The minimum atomic E-state index is -0.0480. The summed E-state index contributed by atoms with van der Waals surface area (Å²) in [5, 5.41) is 2.10. The molecule has 0 aliphatic rings. The van der Waals surface area contributed by atoms with Gasteiger partial charge in [-0.25, -0.2) is 4.98 Å². The van der Waals surface area contributed by atoms with Crippen molar-refractivity contribution in [2.24, 2.45) is 0 Å². The van der Waals surface area contributed by atoms with Gasteiger partial charge in [-0.3, -0.25) is 4.79 Å². The van der Waals surface area contributed by atoms with Gasteiger partial charge in [-0.2, -0.15) is 0 Å². The van der Waals surface area contributed by atoms with E-state index in [2.05, 4.69) is 0 Å². The Kier molecular flexibility index (Phi) is 4.69. The molecule has 0 bridgehead atoms. The minimum Gasteiger partial charge on any atom is -0.294 e. The van der Waals surface area contributed by atoms with Gasteiger partial charge >= 0.3 is 0 Å². The number of hydrogen-bond acceptors (Lipinski definition) is 2. The third-order valence-corrected chi connectivity index (χ3v) is 4.97. The number of aromatic nitrogens is 1. The van der Waals surface area contributed by atoms with Crippen LogP contribution in [0.3, 0.4) is 0 Å². The van der Waals surface area contributed by atoms with Gasteiger partial charge in [0.05, 0.1) is 16.8 Å². The zero-order valence-electron chi connectivity index (χ0n) is 14.5. The van der Waals surface area contributed by atoms with Crippen molar-refractivity contribution < 1.29 is 4.79 Å². The Morgan fingerprint density at radius 3 is 2.15 bits per heavy atom. The normalized spacial score (nSPS) is 10.9. The fraction of sp³-hybridized carbons (Fsp3) is 0.0435. The number of carbonyl (C=O) groups is 1. The zero-order chi connectivity index (χ0) is 19.0. The van der Waals surface area contributed by atoms with E-state index in [9.17, 15) is 4.79 Å². The van der Waals surface area contributed by atoms with Crippen molar-refractivity contribution in [3.05, 3.63) is 88.4 Å². The topological polar surface area (TPSA) is 30.0 Å². The first-order valence-corrected chi connectivity index (χ1v) is 9.26. The summed E-state index contributed by atoms with van der Waals surface area (Å²) in [7, 11) is 0. The molecule has 0 atom stereocenters. The molecular formula is C23H15Cl2NO. The van der Waals surface area contributed by atoms with Crippen LogP contribution in [-0.4, -0.2) is 10.8 Å². The van der Waals surface area contributed by atoms with Gasteiger partial charge in [-0.15, -0.1) is 0 Å². The van der Waals surface area contributed by atoms with Crippen LogP contribution in [0.2, 0.25) is 10.0 Å². The Morgan fingerprint density at radius 2 is 1.48 bits per heavy atom. The first-order valence-electron chi connectivity index (χ1n) is 8.50. The fourth-order valence-corrected chi connectivity index (χ4v) is 3.60. The number of nitrogens with zero attached hydrogens (tertiary/aromatic N) is 1. The molecule has 4 aromatic rings. The molecule has 1 heterocycles. The van der Waals surface area contributed by atoms with E-state index in [1.54, 1.807) is 19.1 Å². The lowest BCUT2D eigenvalue weighted by Gasteiger charge is -2.16. The molecule has 0 fully saturated rings. The SMILES string of the molecule is CC(=O)c1c(-c2ccc(Cl)cc2)nc2ccc(Cl)cc2c1-c1ccccc1. The Hall–Kier alpha value is -2.68. The second kappa shape index (κ2) is 7.15. The van der Waals surface area contributed by atoms with Gasteiger partial charge < -0.3 is 0 Å². The average molecular weight is 392 g/mol. The second-order valence-electron chi connectivity index (χ2n) is 6.30. The van der Waals surface area contributed by atoms with Gasteiger partial charge in [-0.05, 0) is 42.8 Å². The van der Waals surface area contributed by atoms with Gasteiger partial charge in [-0.1, -0.05) is 65.7 Å². The lowest BCUT2D eigenvalue weighted by Crippen LogP contribution is -2.04. The van der Waals surface area contributed by atoms with Crippen LogP contribution in [0.25, 0.3) is 33.3 Å². The fourth-order valence-electron chi connectivity index (χ4n) is 3.30. The Balaban J connectivity index is 2.16. The third-order valence-electron chi connectivity index (χ3n) is 4.48. The highest BCUT2D eigenvalue weighted by Crippen LogP contribution is 2.38. The van der Waals surface area contributed by atoms with Crippen molar-refractivity contribution >= 4 is 39.9 Å². The van der Waals surface area contributed by atoms with Gasteiger partial charge in [0.1, 0.15) is 0 Å². The number of Topliss-reactive ketones (excluding diaryl/α,β-unsaturated/α-hetero) is 1. The van der Waals surface area contributed by atoms with Crippen LogP contribution in [0.4, 0.5) is 0 Å². The van der Waals surface area contributed by atoms with Crippen LogP contribution in [-0.2, 0) is 0 Å². The summed E-state index contributed by atoms with van der Waals surface area (Å²) in [6.45, 7) is 1.57. The van der Waals surface area contributed by atoms with Crippen LogP contribution in [0.15, 0.2) is 72.8 Å². The van der Waals surface area contributed by atoms with E-state index in [1.165, 1.54) is 0 Å². The Bertz CT molecular complexity index is 1150. The molecule has 132 valence electrons. The molecule has 1 aromatic heterocycles. The summed E-state index contributed by atoms with van der Waals surface area (Å²) >= 11 is 12.3. The number of rotatable bonds is 3. The van der Waals surface area contributed by atoms with E-state index >= 15 is 0 Å². The molecule has 0 aliphatic heterocycles. The van der Waals surface area contributed by atoms with E-state index in [-0.39, 0.29) is 5.78 Å². The first kappa shape index (κ1) is 17.7. The summed E-state index contributed by atoms with van der Waals surface area (Å²) in [5.74, 6) is -0.0480. The van der Waals surface area contributed by atoms with Crippen LogP contribution >= 0.6 is 23.2 Å². The molecule has 0 amide bonds. The molecule has 4 rings (SSSR count). The highest BCUT2D eigenvalue weighted by atomic mass is 35.5. The Morgan fingerprint density at radius 1 is 0.815 bits per heavy atom. The largest absolute Gasteiger partial charge is 0.294 e. The molecule has 4 heteroatoms. The first-order chi connectivity index (χ1) is 13.0. The molecule has 0 radical (unpaired) electrons. The van der Waals surface area contributed by atoms with Gasteiger partial charge in [0.25, 0.3) is 0 Å². The van der Waals surface area contributed by atoms with Crippen LogP contribution in [0, 0.1) is 0 Å². The quantitative estimate of drug-likeness (QED) is 0.349. The monoisotopic (exact) mass is 391 g/mol. The summed E-state index contributed by atoms with van der Waals surface area (Å²) < 4.78 is 0. The van der Waals surface area contributed by atoms with E-state index in [4.69, 9.17) is 28.2 Å². The molecule has 2 nitrogen and oxygen atoms in total. The predicted molar refractivity (Wildman–Crippen MR) is 113 cm³/mol. The molecule has 0 aliphatic carbocycles.